The molecule has 1 fully saturated rings. The monoisotopic (exact) mass is 555 g/mol. The lowest BCUT2D eigenvalue weighted by atomic mass is 10.1. The van der Waals surface area contributed by atoms with Gasteiger partial charge in [0.2, 0.25) is 21.8 Å². The summed E-state index contributed by atoms with van der Waals surface area (Å²) >= 11 is 12.7. The number of carbonyl (C=O) groups excluding carboxylic acids is 2. The Morgan fingerprint density at radius 2 is 1.72 bits per heavy atom. The van der Waals surface area contributed by atoms with Crippen molar-refractivity contribution in [3.63, 3.8) is 0 Å². The van der Waals surface area contributed by atoms with Crippen LogP contribution in [0.4, 0.5) is 5.69 Å². The number of amides is 2. The number of carbonyl (C=O) groups is 2. The number of methoxy groups -OCH3 is 1. The Labute approximate surface area is 222 Å². The summed E-state index contributed by atoms with van der Waals surface area (Å²) < 4.78 is 31.6. The zero-order chi connectivity index (χ0) is 26.5. The van der Waals surface area contributed by atoms with Gasteiger partial charge in [-0.15, -0.1) is 0 Å². The predicted octanol–water partition coefficient (Wildman–Crippen LogP) is 4.24. The third kappa shape index (κ3) is 7.05. The lowest BCUT2D eigenvalue weighted by Crippen LogP contribution is -2.52. The Balaban J connectivity index is 1.93. The minimum atomic E-state index is -3.85. The second-order valence-corrected chi connectivity index (χ2v) is 11.6. The molecule has 196 valence electrons. The molecular formula is C25H31Cl2N3O5S. The smallest absolute Gasteiger partial charge is 0.244 e. The van der Waals surface area contributed by atoms with Gasteiger partial charge in [0.1, 0.15) is 18.3 Å². The summed E-state index contributed by atoms with van der Waals surface area (Å²) in [7, 11) is -2.38. The maximum Gasteiger partial charge on any atom is 0.244 e. The van der Waals surface area contributed by atoms with Crippen LogP contribution >= 0.6 is 23.2 Å². The van der Waals surface area contributed by atoms with Crippen molar-refractivity contribution in [3.05, 3.63) is 58.1 Å². The van der Waals surface area contributed by atoms with Crippen LogP contribution in [0.25, 0.3) is 0 Å². The number of nitrogens with one attached hydrogen (secondary N) is 1. The molecular weight excluding hydrogens is 525 g/mol. The fourth-order valence-corrected chi connectivity index (χ4v) is 5.57. The molecule has 0 spiro atoms. The van der Waals surface area contributed by atoms with Gasteiger partial charge in [-0.25, -0.2) is 8.42 Å². The van der Waals surface area contributed by atoms with Crippen LogP contribution in [-0.4, -0.2) is 57.1 Å². The molecule has 1 aliphatic carbocycles. The van der Waals surface area contributed by atoms with Crippen LogP contribution < -0.4 is 14.4 Å². The van der Waals surface area contributed by atoms with Crippen molar-refractivity contribution in [1.29, 1.82) is 0 Å². The summed E-state index contributed by atoms with van der Waals surface area (Å²) in [5, 5.41) is 3.70. The maximum atomic E-state index is 13.7. The van der Waals surface area contributed by atoms with Gasteiger partial charge in [-0.1, -0.05) is 48.2 Å². The number of anilines is 1. The number of sulfonamides is 1. The third-order valence-electron chi connectivity index (χ3n) is 6.28. The molecule has 2 amide bonds. The average molecular weight is 557 g/mol. The average Bonchev–Trinajstić information content (AvgIpc) is 3.34. The summed E-state index contributed by atoms with van der Waals surface area (Å²) in [6.07, 6.45) is 4.88. The van der Waals surface area contributed by atoms with Gasteiger partial charge in [0.25, 0.3) is 0 Å². The number of rotatable bonds is 10. The molecule has 11 heteroatoms. The van der Waals surface area contributed by atoms with E-state index >= 15 is 0 Å². The highest BCUT2D eigenvalue weighted by Gasteiger charge is 2.32. The van der Waals surface area contributed by atoms with E-state index in [-0.39, 0.29) is 24.2 Å². The Hall–Kier alpha value is -2.49. The molecule has 36 heavy (non-hydrogen) atoms. The zero-order valence-corrected chi connectivity index (χ0v) is 22.9. The second-order valence-electron chi connectivity index (χ2n) is 8.86. The van der Waals surface area contributed by atoms with E-state index < -0.39 is 28.5 Å². The number of hydrogen-bond acceptors (Lipinski definition) is 5. The molecule has 1 N–H and O–H groups in total. The number of hydrogen-bond donors (Lipinski definition) is 1. The maximum absolute atomic E-state index is 13.7. The first-order chi connectivity index (χ1) is 17.0. The normalized spacial score (nSPS) is 14.8. The molecule has 8 nitrogen and oxygen atoms in total. The fourth-order valence-electron chi connectivity index (χ4n) is 4.21. The van der Waals surface area contributed by atoms with Gasteiger partial charge in [0.05, 0.1) is 19.1 Å². The number of ether oxygens (including phenoxy) is 1. The Morgan fingerprint density at radius 3 is 2.31 bits per heavy atom. The van der Waals surface area contributed by atoms with E-state index in [1.165, 1.54) is 18.1 Å². The highest BCUT2D eigenvalue weighted by atomic mass is 35.5. The highest BCUT2D eigenvalue weighted by molar-refractivity contribution is 7.92. The van der Waals surface area contributed by atoms with Gasteiger partial charge in [-0.2, -0.15) is 0 Å². The largest absolute Gasteiger partial charge is 0.497 e. The zero-order valence-electron chi connectivity index (χ0n) is 20.5. The van der Waals surface area contributed by atoms with Crippen molar-refractivity contribution >= 4 is 50.7 Å². The number of halogens is 2. The third-order valence-corrected chi connectivity index (χ3v) is 8.13. The van der Waals surface area contributed by atoms with Crippen LogP contribution in [0.15, 0.2) is 42.5 Å². The molecule has 3 rings (SSSR count). The topological polar surface area (TPSA) is 96.0 Å². The van der Waals surface area contributed by atoms with Crippen molar-refractivity contribution < 1.29 is 22.7 Å². The molecule has 1 unspecified atom stereocenters. The van der Waals surface area contributed by atoms with Crippen LogP contribution in [0.2, 0.25) is 10.0 Å². The summed E-state index contributed by atoms with van der Waals surface area (Å²) in [5.74, 6) is -0.448. The SMILES string of the molecule is COc1cccc(N(CC(=O)N(Cc2c(Cl)cccc2Cl)C(C)C(=O)NC2CCCC2)S(C)(=O)=O)c1. The van der Waals surface area contributed by atoms with Gasteiger partial charge < -0.3 is 15.0 Å². The highest BCUT2D eigenvalue weighted by Crippen LogP contribution is 2.28. The molecule has 2 aromatic rings. The minimum Gasteiger partial charge on any atom is -0.497 e. The van der Waals surface area contributed by atoms with Crippen LogP contribution in [0.5, 0.6) is 5.75 Å². The van der Waals surface area contributed by atoms with Crippen molar-refractivity contribution in [2.24, 2.45) is 0 Å². The van der Waals surface area contributed by atoms with Crippen molar-refractivity contribution in [2.45, 2.75) is 51.2 Å². The van der Waals surface area contributed by atoms with E-state index in [4.69, 9.17) is 27.9 Å². The van der Waals surface area contributed by atoms with E-state index in [9.17, 15) is 18.0 Å². The lowest BCUT2D eigenvalue weighted by Gasteiger charge is -2.32. The quantitative estimate of drug-likeness (QED) is 0.472. The summed E-state index contributed by atoms with van der Waals surface area (Å²) in [5.41, 5.74) is 0.742. The van der Waals surface area contributed by atoms with Crippen molar-refractivity contribution in [1.82, 2.24) is 10.2 Å². The van der Waals surface area contributed by atoms with Crippen molar-refractivity contribution in [3.8, 4) is 5.75 Å². The minimum absolute atomic E-state index is 0.0603. The van der Waals surface area contributed by atoms with E-state index in [1.807, 2.05) is 0 Å². The summed E-state index contributed by atoms with van der Waals surface area (Å²) in [6, 6.07) is 10.6. The molecule has 1 aliphatic rings. The molecule has 1 atom stereocenters. The van der Waals surface area contributed by atoms with Crippen LogP contribution in [0.3, 0.4) is 0 Å². The van der Waals surface area contributed by atoms with E-state index in [0.29, 0.717) is 21.4 Å². The first-order valence-electron chi connectivity index (χ1n) is 11.7. The van der Waals surface area contributed by atoms with Gasteiger partial charge in [-0.05, 0) is 44.0 Å². The lowest BCUT2D eigenvalue weighted by molar-refractivity contribution is -0.139. The first kappa shape index (κ1) is 28.1. The molecule has 0 heterocycles. The molecule has 0 aliphatic heterocycles. The first-order valence-corrected chi connectivity index (χ1v) is 14.3. The fraction of sp³-hybridized carbons (Fsp3) is 0.440. The van der Waals surface area contributed by atoms with E-state index in [1.54, 1.807) is 43.3 Å². The molecule has 2 aromatic carbocycles. The van der Waals surface area contributed by atoms with E-state index in [0.717, 1.165) is 36.2 Å². The predicted molar refractivity (Wildman–Crippen MR) is 142 cm³/mol. The van der Waals surface area contributed by atoms with Crippen LogP contribution in [0.1, 0.15) is 38.2 Å². The summed E-state index contributed by atoms with van der Waals surface area (Å²) in [6.45, 7) is 1.03. The standard InChI is InChI=1S/C25H31Cl2N3O5S/c1-17(25(32)28-18-8-4-5-9-18)29(15-21-22(26)12-7-13-23(21)27)24(31)16-30(36(3,33)34)19-10-6-11-20(14-19)35-2/h6-7,10-14,17-18H,4-5,8-9,15-16H2,1-3H3,(H,28,32). The number of nitrogens with zero attached hydrogens (tertiary/aromatic N) is 2. The summed E-state index contributed by atoms with van der Waals surface area (Å²) in [4.78, 5) is 28.1. The van der Waals surface area contributed by atoms with Crippen LogP contribution in [-0.2, 0) is 26.2 Å². The van der Waals surface area contributed by atoms with Gasteiger partial charge in [0.15, 0.2) is 0 Å². The molecule has 0 saturated heterocycles. The van der Waals surface area contributed by atoms with Gasteiger partial charge in [-0.3, -0.25) is 13.9 Å². The Kier molecular flexibility index (Phi) is 9.49. The Bertz CT molecular complexity index is 1180. The van der Waals surface area contributed by atoms with Crippen LogP contribution in [0, 0.1) is 0 Å². The molecule has 0 radical (unpaired) electrons. The molecule has 1 saturated carbocycles. The van der Waals surface area contributed by atoms with Gasteiger partial charge >= 0.3 is 0 Å². The molecule has 0 bridgehead atoms. The second kappa shape index (κ2) is 12.2. The Morgan fingerprint density at radius 1 is 1.11 bits per heavy atom. The van der Waals surface area contributed by atoms with E-state index in [2.05, 4.69) is 5.32 Å². The number of benzene rings is 2. The van der Waals surface area contributed by atoms with Gasteiger partial charge in [0, 0.05) is 34.3 Å². The molecule has 0 aromatic heterocycles. The van der Waals surface area contributed by atoms with Crippen molar-refractivity contribution in [2.75, 3.05) is 24.2 Å².